The van der Waals surface area contributed by atoms with E-state index in [1.165, 1.54) is 18.2 Å². The van der Waals surface area contributed by atoms with E-state index in [1.54, 1.807) is 0 Å². The van der Waals surface area contributed by atoms with Gasteiger partial charge in [-0.05, 0) is 25.0 Å². The van der Waals surface area contributed by atoms with Crippen molar-refractivity contribution in [2.24, 2.45) is 5.41 Å². The van der Waals surface area contributed by atoms with Crippen LogP contribution < -0.4 is 10.5 Å². The minimum absolute atomic E-state index is 0.0203. The third-order valence-electron chi connectivity index (χ3n) is 2.92. The Morgan fingerprint density at radius 3 is 2.88 bits per heavy atom. The van der Waals surface area contributed by atoms with Gasteiger partial charge in [0.1, 0.15) is 11.6 Å². The van der Waals surface area contributed by atoms with Crippen molar-refractivity contribution in [3.63, 3.8) is 0 Å². The lowest BCUT2D eigenvalue weighted by Gasteiger charge is -2.14. The molecule has 3 nitrogen and oxygen atoms in total. The minimum Gasteiger partial charge on any atom is -0.491 e. The number of ether oxygens (including phenoxy) is 1. The Balaban J connectivity index is 2.00. The molecule has 1 fully saturated rings. The number of nitriles is 1. The van der Waals surface area contributed by atoms with Gasteiger partial charge >= 0.3 is 0 Å². The molecule has 1 aromatic rings. The molecule has 0 amide bonds. The van der Waals surface area contributed by atoms with Gasteiger partial charge in [-0.15, -0.1) is 0 Å². The van der Waals surface area contributed by atoms with Crippen LogP contribution in [-0.2, 0) is 0 Å². The number of nitrogen functional groups attached to an aromatic ring is 1. The fraction of sp³-hybridized carbons (Fsp3) is 0.417. The molecule has 0 aromatic heterocycles. The predicted molar refractivity (Wildman–Crippen MR) is 58.2 cm³/mol. The molecule has 0 spiro atoms. The molecule has 0 radical (unpaired) electrons. The second-order valence-corrected chi connectivity index (χ2v) is 4.31. The monoisotopic (exact) mass is 220 g/mol. The first-order chi connectivity index (χ1) is 7.65. The molecule has 2 N–H and O–H groups in total. The second kappa shape index (κ2) is 4.01. The number of benzene rings is 1. The topological polar surface area (TPSA) is 59.0 Å². The summed E-state index contributed by atoms with van der Waals surface area (Å²) in [5, 5.41) is 8.65. The Morgan fingerprint density at radius 1 is 1.50 bits per heavy atom. The smallest absolute Gasteiger partial charge is 0.145 e. The molecule has 0 unspecified atom stereocenters. The first kappa shape index (κ1) is 10.7. The summed E-state index contributed by atoms with van der Waals surface area (Å²) in [6.07, 6.45) is 2.48. The Labute approximate surface area is 93.6 Å². The molecule has 0 aliphatic heterocycles. The summed E-state index contributed by atoms with van der Waals surface area (Å²) in [5.41, 5.74) is 6.06. The van der Waals surface area contributed by atoms with Crippen molar-refractivity contribution in [3.8, 4) is 11.8 Å². The van der Waals surface area contributed by atoms with Crippen molar-refractivity contribution in [1.29, 1.82) is 5.26 Å². The van der Waals surface area contributed by atoms with Gasteiger partial charge in [-0.3, -0.25) is 0 Å². The van der Waals surface area contributed by atoms with Crippen LogP contribution in [0.25, 0.3) is 0 Å². The highest BCUT2D eigenvalue weighted by Crippen LogP contribution is 2.48. The summed E-state index contributed by atoms with van der Waals surface area (Å²) in [4.78, 5) is 0. The van der Waals surface area contributed by atoms with E-state index in [0.717, 1.165) is 12.8 Å². The lowest BCUT2D eigenvalue weighted by molar-refractivity contribution is 0.237. The lowest BCUT2D eigenvalue weighted by Crippen LogP contribution is -2.13. The van der Waals surface area contributed by atoms with Crippen LogP contribution in [0.15, 0.2) is 18.2 Å². The van der Waals surface area contributed by atoms with Gasteiger partial charge in [-0.25, -0.2) is 4.39 Å². The molecule has 1 aliphatic carbocycles. The van der Waals surface area contributed by atoms with Gasteiger partial charge < -0.3 is 10.5 Å². The maximum atomic E-state index is 12.9. The van der Waals surface area contributed by atoms with Crippen molar-refractivity contribution in [2.75, 3.05) is 12.3 Å². The molecule has 1 aliphatic rings. The van der Waals surface area contributed by atoms with Crippen molar-refractivity contribution >= 4 is 5.69 Å². The van der Waals surface area contributed by atoms with Gasteiger partial charge in [0.15, 0.2) is 0 Å². The van der Waals surface area contributed by atoms with E-state index in [4.69, 9.17) is 15.7 Å². The van der Waals surface area contributed by atoms with Crippen LogP contribution in [0.5, 0.6) is 5.75 Å². The van der Waals surface area contributed by atoms with E-state index in [2.05, 4.69) is 6.07 Å². The Morgan fingerprint density at radius 2 is 2.25 bits per heavy atom. The van der Waals surface area contributed by atoms with Gasteiger partial charge in [-0.2, -0.15) is 5.26 Å². The van der Waals surface area contributed by atoms with Gasteiger partial charge in [0.25, 0.3) is 0 Å². The molecule has 0 bridgehead atoms. The quantitative estimate of drug-likeness (QED) is 0.793. The minimum atomic E-state index is -0.366. The fourth-order valence-corrected chi connectivity index (χ4v) is 1.58. The average molecular weight is 220 g/mol. The third-order valence-corrected chi connectivity index (χ3v) is 2.92. The average Bonchev–Trinajstić information content (AvgIpc) is 3.01. The SMILES string of the molecule is N#CCC1(COc2cc(F)ccc2N)CC1. The van der Waals surface area contributed by atoms with E-state index in [9.17, 15) is 4.39 Å². The molecule has 1 aromatic carbocycles. The van der Waals surface area contributed by atoms with Crippen molar-refractivity contribution in [2.45, 2.75) is 19.3 Å². The van der Waals surface area contributed by atoms with Crippen LogP contribution in [0, 0.1) is 22.6 Å². The summed E-state index contributed by atoms with van der Waals surface area (Å²) < 4.78 is 18.4. The molecule has 2 rings (SSSR count). The van der Waals surface area contributed by atoms with Crippen LogP contribution in [0.4, 0.5) is 10.1 Å². The van der Waals surface area contributed by atoms with E-state index in [1.807, 2.05) is 0 Å². The van der Waals surface area contributed by atoms with E-state index >= 15 is 0 Å². The highest BCUT2D eigenvalue weighted by molar-refractivity contribution is 5.52. The zero-order valence-corrected chi connectivity index (χ0v) is 8.87. The van der Waals surface area contributed by atoms with Gasteiger partial charge in [-0.1, -0.05) is 0 Å². The highest BCUT2D eigenvalue weighted by Gasteiger charge is 2.43. The zero-order valence-electron chi connectivity index (χ0n) is 8.87. The second-order valence-electron chi connectivity index (χ2n) is 4.31. The number of hydrogen-bond donors (Lipinski definition) is 1. The predicted octanol–water partition coefficient (Wildman–Crippen LogP) is 2.48. The Hall–Kier alpha value is -1.76. The number of nitrogens with zero attached hydrogens (tertiary/aromatic N) is 1. The number of nitrogens with two attached hydrogens (primary N) is 1. The van der Waals surface area contributed by atoms with E-state index in [0.29, 0.717) is 24.5 Å². The highest BCUT2D eigenvalue weighted by atomic mass is 19.1. The number of anilines is 1. The van der Waals surface area contributed by atoms with Crippen LogP contribution in [0.3, 0.4) is 0 Å². The summed E-state index contributed by atoms with van der Waals surface area (Å²) in [6.45, 7) is 0.439. The summed E-state index contributed by atoms with van der Waals surface area (Å²) in [5.74, 6) is -0.00135. The first-order valence-electron chi connectivity index (χ1n) is 5.20. The molecule has 16 heavy (non-hydrogen) atoms. The number of halogens is 1. The van der Waals surface area contributed by atoms with Crippen molar-refractivity contribution < 1.29 is 9.13 Å². The molecule has 4 heteroatoms. The maximum Gasteiger partial charge on any atom is 0.145 e. The van der Waals surface area contributed by atoms with Crippen molar-refractivity contribution in [1.82, 2.24) is 0 Å². The van der Waals surface area contributed by atoms with Crippen LogP contribution in [-0.4, -0.2) is 6.61 Å². The lowest BCUT2D eigenvalue weighted by atomic mass is 10.1. The Kier molecular flexibility index (Phi) is 2.69. The van der Waals surface area contributed by atoms with Crippen LogP contribution in [0.2, 0.25) is 0 Å². The standard InChI is InChI=1S/C12H13FN2O/c13-9-1-2-10(15)11(7-9)16-8-12(3-4-12)5-6-14/h1-2,7H,3-5,8,15H2. The Bertz CT molecular complexity index is 435. The zero-order chi connectivity index (χ0) is 11.6. The number of rotatable bonds is 4. The summed E-state index contributed by atoms with van der Waals surface area (Å²) in [6, 6.07) is 6.20. The van der Waals surface area contributed by atoms with Gasteiger partial charge in [0.2, 0.25) is 0 Å². The van der Waals surface area contributed by atoms with Gasteiger partial charge in [0.05, 0.1) is 18.4 Å². The van der Waals surface area contributed by atoms with Crippen LogP contribution in [0.1, 0.15) is 19.3 Å². The molecule has 84 valence electrons. The third kappa shape index (κ3) is 2.25. The normalized spacial score (nSPS) is 16.5. The fourth-order valence-electron chi connectivity index (χ4n) is 1.58. The molecule has 0 atom stereocenters. The molecule has 0 saturated heterocycles. The summed E-state index contributed by atoms with van der Waals surface area (Å²) in [7, 11) is 0. The number of hydrogen-bond acceptors (Lipinski definition) is 3. The largest absolute Gasteiger partial charge is 0.491 e. The first-order valence-corrected chi connectivity index (χ1v) is 5.20. The van der Waals surface area contributed by atoms with E-state index in [-0.39, 0.29) is 11.2 Å². The van der Waals surface area contributed by atoms with Gasteiger partial charge in [0, 0.05) is 17.9 Å². The summed E-state index contributed by atoms with van der Waals surface area (Å²) >= 11 is 0. The molecular formula is C12H13FN2O. The molecular weight excluding hydrogens is 207 g/mol. The van der Waals surface area contributed by atoms with Crippen LogP contribution >= 0.6 is 0 Å². The maximum absolute atomic E-state index is 12.9. The van der Waals surface area contributed by atoms with Crippen molar-refractivity contribution in [3.05, 3.63) is 24.0 Å². The van der Waals surface area contributed by atoms with E-state index < -0.39 is 0 Å². The molecule has 1 saturated carbocycles. The molecule has 0 heterocycles.